The Morgan fingerprint density at radius 3 is 1.65 bits per heavy atom. The first-order chi connectivity index (χ1) is 12.7. The Kier molecular flexibility index (Phi) is 4.94. The van der Waals surface area contributed by atoms with Gasteiger partial charge in [-0.2, -0.15) is 0 Å². The van der Waals surface area contributed by atoms with Crippen LogP contribution in [0.25, 0.3) is 22.3 Å². The minimum atomic E-state index is -0.0718. The predicted octanol–water partition coefficient (Wildman–Crippen LogP) is 4.27. The molecule has 0 N–H and O–H groups in total. The summed E-state index contributed by atoms with van der Waals surface area (Å²) in [6.07, 6.45) is 1.92. The molecule has 3 rings (SSSR count). The van der Waals surface area contributed by atoms with Crippen molar-refractivity contribution in [3.63, 3.8) is 0 Å². The molecular weight excluding hydrogens is 328 g/mol. The fraction of sp³-hybridized carbons (Fsp3) is 0. The largest absolute Gasteiger partial charge is 0.298 e. The highest BCUT2D eigenvalue weighted by Crippen LogP contribution is 2.35. The third-order valence-electron chi connectivity index (χ3n) is 4.26. The Morgan fingerprint density at radius 2 is 1.08 bits per heavy atom. The van der Waals surface area contributed by atoms with Gasteiger partial charge in [-0.3, -0.25) is 19.2 Å². The number of carbonyl (C=O) groups excluding carboxylic acids is 4. The van der Waals surface area contributed by atoms with Crippen molar-refractivity contribution in [2.75, 3.05) is 0 Å². The molecule has 0 amide bonds. The van der Waals surface area contributed by atoms with Gasteiger partial charge in [-0.1, -0.05) is 54.6 Å². The van der Waals surface area contributed by atoms with Crippen LogP contribution in [0.3, 0.4) is 0 Å². The Balaban J connectivity index is 2.39. The van der Waals surface area contributed by atoms with E-state index in [2.05, 4.69) is 0 Å². The Labute approximate surface area is 150 Å². The standard InChI is InChI=1S/C22H14O4/c23-11-16-10-19(21(13-25)22(14-26)20(16)12-24)18-9-5-4-8-17(18)15-6-2-1-3-7-15/h1-14H. The van der Waals surface area contributed by atoms with Gasteiger partial charge >= 0.3 is 0 Å². The highest BCUT2D eigenvalue weighted by molar-refractivity contribution is 6.08. The van der Waals surface area contributed by atoms with Gasteiger partial charge in [0.2, 0.25) is 0 Å². The van der Waals surface area contributed by atoms with Gasteiger partial charge < -0.3 is 0 Å². The molecule has 0 bridgehead atoms. The molecule has 0 aliphatic heterocycles. The summed E-state index contributed by atoms with van der Waals surface area (Å²) in [5, 5.41) is 0. The van der Waals surface area contributed by atoms with Gasteiger partial charge in [-0.05, 0) is 28.3 Å². The van der Waals surface area contributed by atoms with Gasteiger partial charge in [0.1, 0.15) is 0 Å². The van der Waals surface area contributed by atoms with Gasteiger partial charge in [0, 0.05) is 22.3 Å². The van der Waals surface area contributed by atoms with Crippen LogP contribution in [0, 0.1) is 0 Å². The SMILES string of the molecule is O=Cc1cc(-c2ccccc2-c2ccccc2)c(C=O)c(C=O)c1C=O. The minimum absolute atomic E-state index is 0.0713. The first-order valence-electron chi connectivity index (χ1n) is 7.91. The zero-order valence-electron chi connectivity index (χ0n) is 13.7. The fourth-order valence-corrected chi connectivity index (χ4v) is 3.05. The van der Waals surface area contributed by atoms with Crippen LogP contribution < -0.4 is 0 Å². The third kappa shape index (κ3) is 2.89. The lowest BCUT2D eigenvalue weighted by molar-refractivity contribution is 0.107. The summed E-state index contributed by atoms with van der Waals surface area (Å²) in [5.41, 5.74) is 2.94. The van der Waals surface area contributed by atoms with Crippen molar-refractivity contribution in [3.05, 3.63) is 82.9 Å². The van der Waals surface area contributed by atoms with E-state index in [1.165, 1.54) is 6.07 Å². The maximum atomic E-state index is 11.7. The smallest absolute Gasteiger partial charge is 0.151 e. The quantitative estimate of drug-likeness (QED) is 0.627. The first kappa shape index (κ1) is 17.2. The van der Waals surface area contributed by atoms with E-state index in [9.17, 15) is 19.2 Å². The van der Waals surface area contributed by atoms with Crippen LogP contribution in [-0.2, 0) is 0 Å². The Morgan fingerprint density at radius 1 is 0.500 bits per heavy atom. The minimum Gasteiger partial charge on any atom is -0.298 e. The van der Waals surface area contributed by atoms with Crippen LogP contribution in [0.5, 0.6) is 0 Å². The highest BCUT2D eigenvalue weighted by Gasteiger charge is 2.19. The van der Waals surface area contributed by atoms with Crippen LogP contribution in [0.1, 0.15) is 41.4 Å². The summed E-state index contributed by atoms with van der Waals surface area (Å²) in [5.74, 6) is 0. The van der Waals surface area contributed by atoms with Crippen LogP contribution in [0.4, 0.5) is 0 Å². The lowest BCUT2D eigenvalue weighted by atomic mass is 9.87. The molecular formula is C22H14O4. The van der Waals surface area contributed by atoms with Crippen molar-refractivity contribution in [2.45, 2.75) is 0 Å². The maximum absolute atomic E-state index is 11.7. The van der Waals surface area contributed by atoms with Crippen molar-refractivity contribution in [2.24, 2.45) is 0 Å². The average Bonchev–Trinajstić information content (AvgIpc) is 2.72. The number of rotatable bonds is 6. The predicted molar refractivity (Wildman–Crippen MR) is 98.9 cm³/mol. The van der Waals surface area contributed by atoms with Gasteiger partial charge in [-0.15, -0.1) is 0 Å². The van der Waals surface area contributed by atoms with E-state index in [0.717, 1.165) is 11.1 Å². The Hall–Kier alpha value is -3.66. The van der Waals surface area contributed by atoms with Gasteiger partial charge in [0.15, 0.2) is 25.1 Å². The van der Waals surface area contributed by atoms with Gasteiger partial charge in [0.05, 0.1) is 0 Å². The lowest BCUT2D eigenvalue weighted by Gasteiger charge is -2.15. The normalized spacial score (nSPS) is 10.2. The van der Waals surface area contributed by atoms with E-state index in [4.69, 9.17) is 0 Å². The van der Waals surface area contributed by atoms with E-state index >= 15 is 0 Å². The summed E-state index contributed by atoms with van der Waals surface area (Å²) >= 11 is 0. The van der Waals surface area contributed by atoms with E-state index in [0.29, 0.717) is 36.3 Å². The van der Waals surface area contributed by atoms with E-state index in [1.807, 2.05) is 54.6 Å². The fourth-order valence-electron chi connectivity index (χ4n) is 3.05. The van der Waals surface area contributed by atoms with Gasteiger partial charge in [0.25, 0.3) is 0 Å². The molecule has 3 aromatic rings. The summed E-state index contributed by atoms with van der Waals surface area (Å²) in [6.45, 7) is 0. The molecule has 0 saturated carbocycles. The van der Waals surface area contributed by atoms with Crippen molar-refractivity contribution < 1.29 is 19.2 Å². The topological polar surface area (TPSA) is 68.3 Å². The lowest BCUT2D eigenvalue weighted by Crippen LogP contribution is -2.05. The zero-order chi connectivity index (χ0) is 18.5. The average molecular weight is 342 g/mol. The molecule has 0 spiro atoms. The molecule has 0 unspecified atom stereocenters. The highest BCUT2D eigenvalue weighted by atomic mass is 16.1. The summed E-state index contributed by atoms with van der Waals surface area (Å²) in [7, 11) is 0. The summed E-state index contributed by atoms with van der Waals surface area (Å²) in [6, 6.07) is 18.4. The summed E-state index contributed by atoms with van der Waals surface area (Å²) < 4.78 is 0. The van der Waals surface area contributed by atoms with Crippen LogP contribution >= 0.6 is 0 Å². The van der Waals surface area contributed by atoms with E-state index in [-0.39, 0.29) is 22.3 Å². The maximum Gasteiger partial charge on any atom is 0.151 e. The number of carbonyl (C=O) groups is 4. The van der Waals surface area contributed by atoms with E-state index < -0.39 is 0 Å². The molecule has 4 nitrogen and oxygen atoms in total. The number of aldehydes is 4. The monoisotopic (exact) mass is 342 g/mol. The molecule has 0 radical (unpaired) electrons. The van der Waals surface area contributed by atoms with Crippen molar-refractivity contribution >= 4 is 25.1 Å². The number of hydrogen-bond acceptors (Lipinski definition) is 4. The molecule has 0 fully saturated rings. The molecule has 0 heterocycles. The first-order valence-corrected chi connectivity index (χ1v) is 7.91. The molecule has 126 valence electrons. The molecule has 0 aliphatic rings. The molecule has 0 saturated heterocycles. The molecule has 4 heteroatoms. The second-order valence-electron chi connectivity index (χ2n) is 5.64. The van der Waals surface area contributed by atoms with Crippen molar-refractivity contribution in [3.8, 4) is 22.3 Å². The molecule has 26 heavy (non-hydrogen) atoms. The second-order valence-corrected chi connectivity index (χ2v) is 5.64. The molecule has 0 aromatic heterocycles. The van der Waals surface area contributed by atoms with Crippen LogP contribution in [-0.4, -0.2) is 25.1 Å². The molecule has 0 aliphatic carbocycles. The molecule has 3 aromatic carbocycles. The van der Waals surface area contributed by atoms with Crippen molar-refractivity contribution in [1.29, 1.82) is 0 Å². The Bertz CT molecular complexity index is 1000. The third-order valence-corrected chi connectivity index (χ3v) is 4.26. The zero-order valence-corrected chi connectivity index (χ0v) is 13.7. The second kappa shape index (κ2) is 7.49. The molecule has 0 atom stereocenters. The summed E-state index contributed by atoms with van der Waals surface area (Å²) in [4.78, 5) is 46.0. The number of benzene rings is 3. The van der Waals surface area contributed by atoms with Crippen LogP contribution in [0.15, 0.2) is 60.7 Å². The van der Waals surface area contributed by atoms with Crippen LogP contribution in [0.2, 0.25) is 0 Å². The van der Waals surface area contributed by atoms with Gasteiger partial charge in [-0.25, -0.2) is 0 Å². The van der Waals surface area contributed by atoms with Crippen molar-refractivity contribution in [1.82, 2.24) is 0 Å². The number of hydrogen-bond donors (Lipinski definition) is 0. The van der Waals surface area contributed by atoms with E-state index in [1.54, 1.807) is 0 Å².